The van der Waals surface area contributed by atoms with Crippen LogP contribution in [0.2, 0.25) is 0 Å². The van der Waals surface area contributed by atoms with Gasteiger partial charge in [0, 0.05) is 12.2 Å². The van der Waals surface area contributed by atoms with E-state index in [1.807, 2.05) is 6.92 Å². The fourth-order valence-electron chi connectivity index (χ4n) is 1.25. The molecule has 0 bridgehead atoms. The van der Waals surface area contributed by atoms with Gasteiger partial charge in [-0.05, 0) is 31.5 Å². The molecule has 1 aromatic rings. The average molecular weight is 224 g/mol. The van der Waals surface area contributed by atoms with E-state index in [2.05, 4.69) is 5.32 Å². The van der Waals surface area contributed by atoms with Crippen LogP contribution in [0.5, 0.6) is 0 Å². The molecule has 0 aliphatic carbocycles. The summed E-state index contributed by atoms with van der Waals surface area (Å²) in [6.07, 6.45) is 0.644. The van der Waals surface area contributed by atoms with Crippen molar-refractivity contribution in [3.8, 4) is 0 Å². The molecular formula is C12H17FN2O. The Morgan fingerprint density at radius 2 is 2.25 bits per heavy atom. The third-order valence-electron chi connectivity index (χ3n) is 2.86. The number of halogens is 1. The second kappa shape index (κ2) is 5.07. The van der Waals surface area contributed by atoms with E-state index in [9.17, 15) is 9.18 Å². The van der Waals surface area contributed by atoms with Crippen LogP contribution in [0.1, 0.15) is 20.3 Å². The Hall–Kier alpha value is -1.42. The Morgan fingerprint density at radius 3 is 2.75 bits per heavy atom. The van der Waals surface area contributed by atoms with Crippen molar-refractivity contribution in [1.29, 1.82) is 0 Å². The van der Waals surface area contributed by atoms with Gasteiger partial charge >= 0.3 is 0 Å². The lowest BCUT2D eigenvalue weighted by Crippen LogP contribution is -2.39. The molecule has 3 N–H and O–H groups in total. The molecule has 0 heterocycles. The van der Waals surface area contributed by atoms with E-state index in [1.165, 1.54) is 12.1 Å². The summed E-state index contributed by atoms with van der Waals surface area (Å²) in [7, 11) is 0. The van der Waals surface area contributed by atoms with Gasteiger partial charge in [0.15, 0.2) is 0 Å². The minimum absolute atomic E-state index is 0.178. The summed E-state index contributed by atoms with van der Waals surface area (Å²) in [6.45, 7) is 3.96. The largest absolute Gasteiger partial charge is 0.329 e. The molecule has 1 amide bonds. The van der Waals surface area contributed by atoms with Gasteiger partial charge in [-0.2, -0.15) is 0 Å². The first-order valence-electron chi connectivity index (χ1n) is 5.29. The van der Waals surface area contributed by atoms with Crippen LogP contribution in [0.25, 0.3) is 0 Å². The minimum atomic E-state index is -0.605. The summed E-state index contributed by atoms with van der Waals surface area (Å²) in [5.41, 5.74) is 5.42. The van der Waals surface area contributed by atoms with Crippen LogP contribution in [-0.4, -0.2) is 12.5 Å². The van der Waals surface area contributed by atoms with Crippen molar-refractivity contribution in [3.05, 3.63) is 30.1 Å². The highest BCUT2D eigenvalue weighted by Crippen LogP contribution is 2.22. The number of anilines is 1. The van der Waals surface area contributed by atoms with Crippen LogP contribution in [-0.2, 0) is 4.79 Å². The van der Waals surface area contributed by atoms with E-state index < -0.39 is 5.41 Å². The van der Waals surface area contributed by atoms with Gasteiger partial charge in [0.25, 0.3) is 0 Å². The topological polar surface area (TPSA) is 55.1 Å². The zero-order chi connectivity index (χ0) is 12.2. The van der Waals surface area contributed by atoms with Crippen LogP contribution < -0.4 is 11.1 Å². The van der Waals surface area contributed by atoms with E-state index in [0.29, 0.717) is 12.1 Å². The fraction of sp³-hybridized carbons (Fsp3) is 0.417. The molecule has 1 atom stereocenters. The molecule has 4 heteroatoms. The maximum atomic E-state index is 12.9. The smallest absolute Gasteiger partial charge is 0.231 e. The zero-order valence-corrected chi connectivity index (χ0v) is 9.59. The molecule has 1 unspecified atom stereocenters. The highest BCUT2D eigenvalue weighted by atomic mass is 19.1. The molecule has 0 radical (unpaired) electrons. The molecule has 3 nitrogen and oxygen atoms in total. The third kappa shape index (κ3) is 2.79. The number of carbonyl (C=O) groups excluding carboxylic acids is 1. The summed E-state index contributed by atoms with van der Waals surface area (Å²) >= 11 is 0. The van der Waals surface area contributed by atoms with Crippen LogP contribution in [0.15, 0.2) is 24.3 Å². The summed E-state index contributed by atoms with van der Waals surface area (Å²) in [6, 6.07) is 5.81. The molecule has 0 saturated carbocycles. The van der Waals surface area contributed by atoms with E-state index in [-0.39, 0.29) is 18.3 Å². The molecule has 0 fully saturated rings. The van der Waals surface area contributed by atoms with Crippen LogP contribution in [0, 0.1) is 11.2 Å². The normalized spacial score (nSPS) is 14.2. The molecule has 1 aromatic carbocycles. The molecule has 1 rings (SSSR count). The van der Waals surface area contributed by atoms with Crippen molar-refractivity contribution in [3.63, 3.8) is 0 Å². The first kappa shape index (κ1) is 12.6. The van der Waals surface area contributed by atoms with Gasteiger partial charge in [0.2, 0.25) is 5.91 Å². The van der Waals surface area contributed by atoms with E-state index in [4.69, 9.17) is 5.73 Å². The predicted molar refractivity (Wildman–Crippen MR) is 62.5 cm³/mol. The lowest BCUT2D eigenvalue weighted by Gasteiger charge is -2.24. The van der Waals surface area contributed by atoms with Gasteiger partial charge in [-0.15, -0.1) is 0 Å². The minimum Gasteiger partial charge on any atom is -0.329 e. The Balaban J connectivity index is 2.78. The van der Waals surface area contributed by atoms with Gasteiger partial charge in [-0.25, -0.2) is 4.39 Å². The molecule has 16 heavy (non-hydrogen) atoms. The monoisotopic (exact) mass is 224 g/mol. The predicted octanol–water partition coefficient (Wildman–Crippen LogP) is 2.14. The number of amides is 1. The number of nitrogens with one attached hydrogen (secondary N) is 1. The Morgan fingerprint density at radius 1 is 1.56 bits per heavy atom. The molecule has 0 aliphatic rings. The zero-order valence-electron chi connectivity index (χ0n) is 9.59. The first-order chi connectivity index (χ1) is 7.51. The van der Waals surface area contributed by atoms with Crippen molar-refractivity contribution in [1.82, 2.24) is 0 Å². The van der Waals surface area contributed by atoms with Crippen LogP contribution >= 0.6 is 0 Å². The van der Waals surface area contributed by atoms with Crippen LogP contribution in [0.4, 0.5) is 10.1 Å². The Kier molecular flexibility index (Phi) is 4.01. The highest BCUT2D eigenvalue weighted by molar-refractivity contribution is 5.95. The third-order valence-corrected chi connectivity index (χ3v) is 2.86. The van der Waals surface area contributed by atoms with Crippen LogP contribution in [0.3, 0.4) is 0 Å². The summed E-state index contributed by atoms with van der Waals surface area (Å²) < 4.78 is 12.9. The second-order valence-electron chi connectivity index (χ2n) is 4.08. The maximum absolute atomic E-state index is 12.9. The summed E-state index contributed by atoms with van der Waals surface area (Å²) in [5, 5.41) is 2.67. The van der Waals surface area contributed by atoms with Crippen molar-refractivity contribution >= 4 is 11.6 Å². The lowest BCUT2D eigenvalue weighted by atomic mass is 9.86. The van der Waals surface area contributed by atoms with Crippen molar-refractivity contribution < 1.29 is 9.18 Å². The molecule has 88 valence electrons. The van der Waals surface area contributed by atoms with Gasteiger partial charge in [0.1, 0.15) is 5.82 Å². The highest BCUT2D eigenvalue weighted by Gasteiger charge is 2.29. The fourth-order valence-corrected chi connectivity index (χ4v) is 1.25. The first-order valence-corrected chi connectivity index (χ1v) is 5.29. The summed E-state index contributed by atoms with van der Waals surface area (Å²) in [5.74, 6) is -0.549. The van der Waals surface area contributed by atoms with Crippen molar-refractivity contribution in [2.45, 2.75) is 20.3 Å². The van der Waals surface area contributed by atoms with Gasteiger partial charge in [0.05, 0.1) is 5.41 Å². The summed E-state index contributed by atoms with van der Waals surface area (Å²) in [4.78, 5) is 11.9. The Bertz CT molecular complexity index is 375. The van der Waals surface area contributed by atoms with Crippen molar-refractivity contribution in [2.75, 3.05) is 11.9 Å². The second-order valence-corrected chi connectivity index (χ2v) is 4.08. The number of carbonyl (C=O) groups is 1. The number of hydrogen-bond acceptors (Lipinski definition) is 2. The molecule has 0 spiro atoms. The van der Waals surface area contributed by atoms with Crippen molar-refractivity contribution in [2.24, 2.45) is 11.1 Å². The standard InChI is InChI=1S/C12H17FN2O/c1-3-12(2,8-14)11(16)15-10-6-4-5-9(13)7-10/h4-7H,3,8,14H2,1-2H3,(H,15,16). The van der Waals surface area contributed by atoms with Gasteiger partial charge in [-0.3, -0.25) is 4.79 Å². The van der Waals surface area contributed by atoms with E-state index in [0.717, 1.165) is 0 Å². The molecular weight excluding hydrogens is 207 g/mol. The lowest BCUT2D eigenvalue weighted by molar-refractivity contribution is -0.124. The number of nitrogens with two attached hydrogens (primary N) is 1. The van der Waals surface area contributed by atoms with Gasteiger partial charge < -0.3 is 11.1 Å². The average Bonchev–Trinajstić information content (AvgIpc) is 2.28. The SMILES string of the molecule is CCC(C)(CN)C(=O)Nc1cccc(F)c1. The number of hydrogen-bond donors (Lipinski definition) is 2. The Labute approximate surface area is 94.8 Å². The van der Waals surface area contributed by atoms with E-state index >= 15 is 0 Å². The quantitative estimate of drug-likeness (QED) is 0.823. The number of benzene rings is 1. The maximum Gasteiger partial charge on any atom is 0.231 e. The molecule has 0 saturated heterocycles. The molecule has 0 aromatic heterocycles. The van der Waals surface area contributed by atoms with Gasteiger partial charge in [-0.1, -0.05) is 13.0 Å². The van der Waals surface area contributed by atoms with E-state index in [1.54, 1.807) is 19.1 Å². The molecule has 0 aliphatic heterocycles. The number of rotatable bonds is 4.